The van der Waals surface area contributed by atoms with Crippen molar-refractivity contribution in [1.82, 2.24) is 25.1 Å². The number of anilines is 2. The molecule has 4 rings (SSSR count). The maximum atomic E-state index is 12.2. The van der Waals surface area contributed by atoms with Crippen LogP contribution < -0.4 is 10.6 Å². The van der Waals surface area contributed by atoms with Crippen molar-refractivity contribution in [2.45, 2.75) is 13.8 Å². The number of nitrogens with two attached hydrogens (primary N) is 1. The smallest absolute Gasteiger partial charge is 0.270 e. The van der Waals surface area contributed by atoms with Crippen LogP contribution in [-0.2, 0) is 4.79 Å². The Bertz CT molecular complexity index is 995. The van der Waals surface area contributed by atoms with Crippen molar-refractivity contribution in [2.24, 2.45) is 5.92 Å². The first-order valence-corrected chi connectivity index (χ1v) is 9.58. The Hall–Kier alpha value is -3.49. The minimum absolute atomic E-state index is 0.000746. The second kappa shape index (κ2) is 7.86. The fourth-order valence-corrected chi connectivity index (χ4v) is 3.24. The van der Waals surface area contributed by atoms with Crippen LogP contribution in [0.4, 0.5) is 11.6 Å². The predicted octanol–water partition coefficient (Wildman–Crippen LogP) is 2.08. The van der Waals surface area contributed by atoms with Crippen molar-refractivity contribution >= 4 is 17.5 Å². The molecular formula is C20H23N7O2. The molecule has 1 amide bonds. The van der Waals surface area contributed by atoms with Gasteiger partial charge in [-0.1, -0.05) is 32.0 Å². The first kappa shape index (κ1) is 18.9. The number of piperazine rings is 1. The van der Waals surface area contributed by atoms with Gasteiger partial charge in [0.05, 0.1) is 6.20 Å². The van der Waals surface area contributed by atoms with Gasteiger partial charge in [-0.15, -0.1) is 10.2 Å². The number of benzene rings is 1. The summed E-state index contributed by atoms with van der Waals surface area (Å²) < 4.78 is 5.78. The highest BCUT2D eigenvalue weighted by atomic mass is 16.4. The Kier molecular flexibility index (Phi) is 5.11. The van der Waals surface area contributed by atoms with E-state index in [9.17, 15) is 4.79 Å². The molecule has 3 heterocycles. The zero-order chi connectivity index (χ0) is 20.4. The number of aromatic nitrogens is 4. The number of carbonyl (C=O) groups excluding carboxylic acids is 1. The van der Waals surface area contributed by atoms with E-state index in [1.165, 1.54) is 0 Å². The number of nitrogens with zero attached hydrogens (tertiary/aromatic N) is 6. The van der Waals surface area contributed by atoms with Gasteiger partial charge in [0.2, 0.25) is 11.8 Å². The lowest BCUT2D eigenvalue weighted by atomic mass is 10.1. The lowest BCUT2D eigenvalue weighted by Crippen LogP contribution is -2.50. The summed E-state index contributed by atoms with van der Waals surface area (Å²) in [5, 5.41) is 8.19. The van der Waals surface area contributed by atoms with E-state index in [-0.39, 0.29) is 23.5 Å². The number of rotatable bonds is 4. The largest absolute Gasteiger partial charge is 0.414 e. The molecule has 1 saturated heterocycles. The average Bonchev–Trinajstić information content (AvgIpc) is 3.24. The zero-order valence-electron chi connectivity index (χ0n) is 16.4. The molecule has 9 heteroatoms. The van der Waals surface area contributed by atoms with Gasteiger partial charge in [-0.2, -0.15) is 0 Å². The summed E-state index contributed by atoms with van der Waals surface area (Å²) >= 11 is 0. The molecule has 0 aliphatic carbocycles. The van der Waals surface area contributed by atoms with Crippen LogP contribution >= 0.6 is 0 Å². The minimum atomic E-state index is 0.000746. The molecule has 0 atom stereocenters. The molecular weight excluding hydrogens is 370 g/mol. The van der Waals surface area contributed by atoms with E-state index in [4.69, 9.17) is 10.2 Å². The van der Waals surface area contributed by atoms with Gasteiger partial charge in [0.1, 0.15) is 5.82 Å². The Morgan fingerprint density at radius 3 is 2.45 bits per heavy atom. The van der Waals surface area contributed by atoms with Gasteiger partial charge in [-0.3, -0.25) is 4.79 Å². The molecule has 0 spiro atoms. The molecule has 1 aromatic carbocycles. The standard InChI is InChI=1S/C20H23N7O2/c1-13(2)20(28)27-10-8-26(9-11-27)15-12-22-17(21)16(23-15)19-25-24-18(29-19)14-6-4-3-5-7-14/h3-7,12-13H,8-11H2,1-2H3,(H2,21,22). The van der Waals surface area contributed by atoms with Crippen molar-refractivity contribution in [3.63, 3.8) is 0 Å². The Labute approximate surface area is 168 Å². The monoisotopic (exact) mass is 393 g/mol. The van der Waals surface area contributed by atoms with Gasteiger partial charge in [0.25, 0.3) is 5.89 Å². The van der Waals surface area contributed by atoms with Gasteiger partial charge in [-0.25, -0.2) is 9.97 Å². The third kappa shape index (κ3) is 3.89. The van der Waals surface area contributed by atoms with E-state index in [0.29, 0.717) is 43.6 Å². The first-order chi connectivity index (χ1) is 14.0. The Morgan fingerprint density at radius 2 is 1.76 bits per heavy atom. The SMILES string of the molecule is CC(C)C(=O)N1CCN(c2cnc(N)c(-c3nnc(-c4ccccc4)o3)n2)CC1. The molecule has 0 radical (unpaired) electrons. The molecule has 2 aromatic heterocycles. The van der Waals surface area contributed by atoms with E-state index in [2.05, 4.69) is 25.1 Å². The zero-order valence-corrected chi connectivity index (χ0v) is 16.4. The minimum Gasteiger partial charge on any atom is -0.414 e. The Balaban J connectivity index is 1.53. The number of carbonyl (C=O) groups is 1. The van der Waals surface area contributed by atoms with Crippen molar-refractivity contribution in [2.75, 3.05) is 36.8 Å². The second-order valence-corrected chi connectivity index (χ2v) is 7.21. The third-order valence-corrected chi connectivity index (χ3v) is 4.85. The van der Waals surface area contributed by atoms with E-state index in [1.54, 1.807) is 6.20 Å². The van der Waals surface area contributed by atoms with Crippen LogP contribution in [0.5, 0.6) is 0 Å². The number of amides is 1. The van der Waals surface area contributed by atoms with Crippen LogP contribution in [0, 0.1) is 5.92 Å². The predicted molar refractivity (Wildman–Crippen MR) is 109 cm³/mol. The van der Waals surface area contributed by atoms with E-state index in [0.717, 1.165) is 5.56 Å². The first-order valence-electron chi connectivity index (χ1n) is 9.58. The van der Waals surface area contributed by atoms with Gasteiger partial charge < -0.3 is 20.0 Å². The summed E-state index contributed by atoms with van der Waals surface area (Å²) in [7, 11) is 0. The number of hydrogen-bond donors (Lipinski definition) is 1. The quantitative estimate of drug-likeness (QED) is 0.716. The Morgan fingerprint density at radius 1 is 1.07 bits per heavy atom. The van der Waals surface area contributed by atoms with Gasteiger partial charge in [-0.05, 0) is 12.1 Å². The van der Waals surface area contributed by atoms with E-state index < -0.39 is 0 Å². The normalized spacial score (nSPS) is 14.4. The maximum absolute atomic E-state index is 12.2. The molecule has 0 saturated carbocycles. The van der Waals surface area contributed by atoms with Crippen molar-refractivity contribution in [3.8, 4) is 23.0 Å². The summed E-state index contributed by atoms with van der Waals surface area (Å²) in [6.45, 7) is 6.49. The van der Waals surface area contributed by atoms with Crippen LogP contribution in [0.25, 0.3) is 23.0 Å². The highest BCUT2D eigenvalue weighted by Gasteiger charge is 2.25. The fourth-order valence-electron chi connectivity index (χ4n) is 3.24. The molecule has 1 aliphatic heterocycles. The molecule has 0 unspecified atom stereocenters. The molecule has 150 valence electrons. The number of hydrogen-bond acceptors (Lipinski definition) is 8. The van der Waals surface area contributed by atoms with Gasteiger partial charge in [0, 0.05) is 37.7 Å². The lowest BCUT2D eigenvalue weighted by Gasteiger charge is -2.36. The van der Waals surface area contributed by atoms with Crippen LogP contribution in [0.1, 0.15) is 13.8 Å². The maximum Gasteiger partial charge on any atom is 0.270 e. The summed E-state index contributed by atoms with van der Waals surface area (Å²) in [6.07, 6.45) is 1.63. The summed E-state index contributed by atoms with van der Waals surface area (Å²) in [6, 6.07) is 9.50. The fraction of sp³-hybridized carbons (Fsp3) is 0.350. The van der Waals surface area contributed by atoms with Crippen molar-refractivity contribution in [3.05, 3.63) is 36.5 Å². The van der Waals surface area contributed by atoms with Crippen LogP contribution in [0.15, 0.2) is 40.9 Å². The van der Waals surface area contributed by atoms with Crippen LogP contribution in [0.3, 0.4) is 0 Å². The summed E-state index contributed by atoms with van der Waals surface area (Å²) in [4.78, 5) is 25.0. The topological polar surface area (TPSA) is 114 Å². The summed E-state index contributed by atoms with van der Waals surface area (Å²) in [5.74, 6) is 1.70. The van der Waals surface area contributed by atoms with Gasteiger partial charge in [0.15, 0.2) is 11.5 Å². The molecule has 3 aromatic rings. The molecule has 1 fully saturated rings. The second-order valence-electron chi connectivity index (χ2n) is 7.21. The highest BCUT2D eigenvalue weighted by Crippen LogP contribution is 2.27. The summed E-state index contributed by atoms with van der Waals surface area (Å²) in [5.41, 5.74) is 7.20. The third-order valence-electron chi connectivity index (χ3n) is 4.85. The number of nitrogen functional groups attached to an aromatic ring is 1. The average molecular weight is 393 g/mol. The van der Waals surface area contributed by atoms with Gasteiger partial charge >= 0.3 is 0 Å². The molecule has 9 nitrogen and oxygen atoms in total. The lowest BCUT2D eigenvalue weighted by molar-refractivity contribution is -0.134. The molecule has 1 aliphatic rings. The van der Waals surface area contributed by atoms with Crippen LogP contribution in [0.2, 0.25) is 0 Å². The van der Waals surface area contributed by atoms with Crippen molar-refractivity contribution < 1.29 is 9.21 Å². The molecule has 29 heavy (non-hydrogen) atoms. The van der Waals surface area contributed by atoms with E-state index >= 15 is 0 Å². The van der Waals surface area contributed by atoms with Crippen LogP contribution in [-0.4, -0.2) is 57.2 Å². The van der Waals surface area contributed by atoms with Crippen molar-refractivity contribution in [1.29, 1.82) is 0 Å². The molecule has 2 N–H and O–H groups in total. The highest BCUT2D eigenvalue weighted by molar-refractivity contribution is 5.78. The molecule has 0 bridgehead atoms. The van der Waals surface area contributed by atoms with E-state index in [1.807, 2.05) is 49.1 Å².